The van der Waals surface area contributed by atoms with Crippen LogP contribution >= 0.6 is 0 Å². The number of fused-ring (bicyclic) bond motifs is 2. The lowest BCUT2D eigenvalue weighted by Crippen LogP contribution is -2.41. The average Bonchev–Trinajstić information content (AvgIpc) is 2.79. The number of allylic oxidation sites excluding steroid dienone is 2. The van der Waals surface area contributed by atoms with Crippen LogP contribution in [0.15, 0.2) is 41.6 Å². The Bertz CT molecular complexity index is 654. The van der Waals surface area contributed by atoms with Crippen molar-refractivity contribution < 1.29 is 4.79 Å². The molecule has 0 heterocycles. The van der Waals surface area contributed by atoms with Crippen molar-refractivity contribution in [2.45, 2.75) is 40.5 Å². The van der Waals surface area contributed by atoms with E-state index >= 15 is 0 Å². The molecule has 3 rings (SSSR count). The summed E-state index contributed by atoms with van der Waals surface area (Å²) >= 11 is 0. The number of Topliss-reactive ketones (excluding diaryl/α,β-unsaturated/α-hetero) is 1. The van der Waals surface area contributed by atoms with E-state index in [1.165, 1.54) is 11.4 Å². The summed E-state index contributed by atoms with van der Waals surface area (Å²) in [5.41, 5.74) is 3.44. The maximum absolute atomic E-state index is 13.2. The molecule has 2 fully saturated rings. The molecular weight excluding hydrogens is 270 g/mol. The van der Waals surface area contributed by atoms with Crippen LogP contribution in [0.1, 0.15) is 40.5 Å². The minimum Gasteiger partial charge on any atom is -0.294 e. The van der Waals surface area contributed by atoms with Gasteiger partial charge in [0.15, 0.2) is 5.78 Å². The largest absolute Gasteiger partial charge is 0.294 e. The van der Waals surface area contributed by atoms with Crippen LogP contribution in [-0.4, -0.2) is 19.9 Å². The number of para-hydroxylation sites is 1. The van der Waals surface area contributed by atoms with Crippen molar-refractivity contribution in [2.75, 3.05) is 14.1 Å². The van der Waals surface area contributed by atoms with Crippen molar-refractivity contribution in [3.63, 3.8) is 0 Å². The predicted molar refractivity (Wildman–Crippen MR) is 92.4 cm³/mol. The Morgan fingerprint density at radius 3 is 2.23 bits per heavy atom. The number of carbonyl (C=O) groups excluding carboxylic acids is 1. The summed E-state index contributed by atoms with van der Waals surface area (Å²) < 4.78 is 0.657. The van der Waals surface area contributed by atoms with Gasteiger partial charge in [0.05, 0.1) is 19.7 Å². The molecule has 2 bridgehead atoms. The number of ketones is 1. The Balaban J connectivity index is 2.14. The molecular formula is C20H28NO+. The van der Waals surface area contributed by atoms with Crippen LogP contribution in [0.5, 0.6) is 0 Å². The highest BCUT2D eigenvalue weighted by Crippen LogP contribution is 2.66. The van der Waals surface area contributed by atoms with E-state index in [2.05, 4.69) is 66.1 Å². The second kappa shape index (κ2) is 4.55. The first-order chi connectivity index (χ1) is 10.1. The molecule has 2 aliphatic rings. The highest BCUT2D eigenvalue weighted by atomic mass is 16.1. The molecule has 0 aromatic heterocycles. The molecule has 2 unspecified atom stereocenters. The third kappa shape index (κ3) is 1.73. The van der Waals surface area contributed by atoms with Gasteiger partial charge in [0.1, 0.15) is 11.4 Å². The summed E-state index contributed by atoms with van der Waals surface area (Å²) in [7, 11) is 4.37. The first kappa shape index (κ1) is 15.5. The average molecular weight is 298 g/mol. The second-order valence-electron chi connectivity index (χ2n) is 8.26. The molecule has 2 nitrogen and oxygen atoms in total. The van der Waals surface area contributed by atoms with Crippen LogP contribution in [0.25, 0.3) is 0 Å². The Hall–Kier alpha value is -1.41. The first-order valence-corrected chi connectivity index (χ1v) is 8.30. The van der Waals surface area contributed by atoms with Crippen molar-refractivity contribution in [1.29, 1.82) is 0 Å². The summed E-state index contributed by atoms with van der Waals surface area (Å²) in [4.78, 5) is 13.2. The molecule has 118 valence electrons. The Morgan fingerprint density at radius 2 is 1.73 bits per heavy atom. The molecule has 0 radical (unpaired) electrons. The van der Waals surface area contributed by atoms with Crippen molar-refractivity contribution >= 4 is 11.5 Å². The maximum Gasteiger partial charge on any atom is 0.171 e. The van der Waals surface area contributed by atoms with Gasteiger partial charge in [0.25, 0.3) is 0 Å². The number of benzene rings is 1. The van der Waals surface area contributed by atoms with E-state index in [0.29, 0.717) is 16.2 Å². The Labute approximate surface area is 134 Å². The van der Waals surface area contributed by atoms with Gasteiger partial charge >= 0.3 is 0 Å². The summed E-state index contributed by atoms with van der Waals surface area (Å²) in [6, 6.07) is 10.5. The number of nitrogens with zero attached hydrogens (tertiary/aromatic N) is 1. The monoisotopic (exact) mass is 298 g/mol. The lowest BCUT2D eigenvalue weighted by Gasteiger charge is -2.32. The quantitative estimate of drug-likeness (QED) is 0.578. The molecule has 0 aliphatic heterocycles. The van der Waals surface area contributed by atoms with Gasteiger partial charge in [-0.2, -0.15) is 0 Å². The van der Waals surface area contributed by atoms with Crippen LogP contribution in [0, 0.1) is 16.7 Å². The van der Waals surface area contributed by atoms with Gasteiger partial charge < -0.3 is 0 Å². The molecule has 22 heavy (non-hydrogen) atoms. The summed E-state index contributed by atoms with van der Waals surface area (Å²) in [6.45, 7) is 8.90. The smallest absolute Gasteiger partial charge is 0.171 e. The molecule has 2 atom stereocenters. The van der Waals surface area contributed by atoms with Gasteiger partial charge in [-0.15, -0.1) is 0 Å². The van der Waals surface area contributed by atoms with Crippen LogP contribution in [0.4, 0.5) is 5.69 Å². The van der Waals surface area contributed by atoms with E-state index in [1.54, 1.807) is 0 Å². The van der Waals surface area contributed by atoms with E-state index in [9.17, 15) is 4.79 Å². The Kier molecular flexibility index (Phi) is 3.20. The van der Waals surface area contributed by atoms with Crippen LogP contribution in [0.3, 0.4) is 0 Å². The van der Waals surface area contributed by atoms with Gasteiger partial charge in [0, 0.05) is 12.3 Å². The number of quaternary nitrogens is 1. The lowest BCUT2D eigenvalue weighted by molar-refractivity contribution is -0.125. The van der Waals surface area contributed by atoms with Crippen LogP contribution < -0.4 is 4.48 Å². The van der Waals surface area contributed by atoms with Crippen LogP contribution in [0.2, 0.25) is 0 Å². The molecule has 1 aromatic carbocycles. The van der Waals surface area contributed by atoms with E-state index in [1.807, 2.05) is 6.07 Å². The molecule has 0 N–H and O–H groups in total. The molecule has 0 amide bonds. The fourth-order valence-corrected chi connectivity index (χ4v) is 4.58. The fraction of sp³-hybridized carbons (Fsp3) is 0.550. The van der Waals surface area contributed by atoms with E-state index in [0.717, 1.165) is 18.4 Å². The second-order valence-corrected chi connectivity index (χ2v) is 8.26. The number of hydrogen-bond acceptors (Lipinski definition) is 1. The minimum atomic E-state index is -0.176. The zero-order valence-electron chi connectivity index (χ0n) is 14.7. The maximum atomic E-state index is 13.2. The van der Waals surface area contributed by atoms with Crippen molar-refractivity contribution in [1.82, 2.24) is 4.48 Å². The molecule has 2 aliphatic carbocycles. The van der Waals surface area contributed by atoms with E-state index < -0.39 is 0 Å². The number of hydrogen-bond donors (Lipinski definition) is 0. The van der Waals surface area contributed by atoms with Crippen molar-refractivity contribution in [2.24, 2.45) is 16.7 Å². The zero-order valence-corrected chi connectivity index (χ0v) is 14.7. The zero-order chi connectivity index (χ0) is 16.3. The van der Waals surface area contributed by atoms with Gasteiger partial charge in [-0.1, -0.05) is 39.0 Å². The topological polar surface area (TPSA) is 17.1 Å². The van der Waals surface area contributed by atoms with Crippen LogP contribution in [-0.2, 0) is 4.79 Å². The van der Waals surface area contributed by atoms with Gasteiger partial charge in [-0.3, -0.25) is 9.28 Å². The van der Waals surface area contributed by atoms with E-state index in [4.69, 9.17) is 0 Å². The summed E-state index contributed by atoms with van der Waals surface area (Å²) in [5, 5.41) is 0. The molecule has 0 saturated heterocycles. The molecule has 0 spiro atoms. The fourth-order valence-electron chi connectivity index (χ4n) is 4.58. The van der Waals surface area contributed by atoms with Crippen molar-refractivity contribution in [3.8, 4) is 0 Å². The lowest BCUT2D eigenvalue weighted by atomic mass is 9.70. The highest BCUT2D eigenvalue weighted by molar-refractivity contribution is 6.05. The predicted octanol–water partition coefficient (Wildman–Crippen LogP) is 4.55. The SMILES string of the molecule is CC(=C1C(=O)C2(C)CCC1C2(C)C)[N+](C)(C)c1ccccc1. The highest BCUT2D eigenvalue weighted by Gasteiger charge is 2.65. The first-order valence-electron chi connectivity index (χ1n) is 8.30. The number of rotatable bonds is 2. The normalized spacial score (nSPS) is 32.5. The third-order valence-corrected chi connectivity index (χ3v) is 6.95. The Morgan fingerprint density at radius 1 is 1.14 bits per heavy atom. The molecule has 2 heteroatoms. The summed E-state index contributed by atoms with van der Waals surface area (Å²) in [6.07, 6.45) is 2.19. The molecule has 2 saturated carbocycles. The van der Waals surface area contributed by atoms with Gasteiger partial charge in [-0.25, -0.2) is 0 Å². The van der Waals surface area contributed by atoms with E-state index in [-0.39, 0.29) is 10.8 Å². The molecule has 1 aromatic rings. The van der Waals surface area contributed by atoms with Gasteiger partial charge in [-0.05, 0) is 36.3 Å². The van der Waals surface area contributed by atoms with Crippen molar-refractivity contribution in [3.05, 3.63) is 41.6 Å². The number of carbonyl (C=O) groups is 1. The summed E-state index contributed by atoms with van der Waals surface area (Å²) in [5.74, 6) is 0.805. The standard InChI is InChI=1S/C20H28NO/c1-14(21(5,6)15-10-8-7-9-11-15)17-16-12-13-20(4,18(17)22)19(16,2)3/h7-11,16H,12-13H2,1-6H3/q+1. The van der Waals surface area contributed by atoms with Gasteiger partial charge in [0.2, 0.25) is 0 Å². The minimum absolute atomic E-state index is 0.0807. The third-order valence-electron chi connectivity index (χ3n) is 6.95.